The molecule has 0 aliphatic carbocycles. The minimum absolute atomic E-state index is 0.00610. The molecule has 0 radical (unpaired) electrons. The van der Waals surface area contributed by atoms with Crippen LogP contribution in [0.1, 0.15) is 18.9 Å². The summed E-state index contributed by atoms with van der Waals surface area (Å²) in [7, 11) is 2.02. The molecule has 1 fully saturated rings. The van der Waals surface area contributed by atoms with Crippen molar-refractivity contribution in [2.45, 2.75) is 19.9 Å². The molecule has 0 bridgehead atoms. The average Bonchev–Trinajstić information content (AvgIpc) is 2.89. The van der Waals surface area contributed by atoms with Crippen molar-refractivity contribution < 1.29 is 9.59 Å². The molecule has 1 aromatic rings. The van der Waals surface area contributed by atoms with Crippen molar-refractivity contribution in [1.29, 1.82) is 0 Å². The van der Waals surface area contributed by atoms with E-state index in [4.69, 9.17) is 0 Å². The molecule has 1 aliphatic heterocycles. The van der Waals surface area contributed by atoms with E-state index in [-0.39, 0.29) is 17.7 Å². The van der Waals surface area contributed by atoms with Gasteiger partial charge in [-0.3, -0.25) is 9.59 Å². The van der Waals surface area contributed by atoms with E-state index in [1.807, 2.05) is 37.4 Å². The lowest BCUT2D eigenvalue weighted by Gasteiger charge is -2.17. The molecule has 5 nitrogen and oxygen atoms in total. The number of hydrogen-bond donors (Lipinski definition) is 1. The zero-order valence-corrected chi connectivity index (χ0v) is 13.4. The first-order chi connectivity index (χ1) is 10.6. The van der Waals surface area contributed by atoms with E-state index in [0.717, 1.165) is 18.7 Å². The maximum absolute atomic E-state index is 12.2. The summed E-state index contributed by atoms with van der Waals surface area (Å²) in [5.41, 5.74) is 1.10. The van der Waals surface area contributed by atoms with Gasteiger partial charge in [-0.2, -0.15) is 0 Å². The van der Waals surface area contributed by atoms with E-state index in [0.29, 0.717) is 26.1 Å². The first-order valence-corrected chi connectivity index (χ1v) is 7.88. The minimum Gasteiger partial charge on any atom is -0.355 e. The standard InChI is InChI=1S/C17H25N3O2/c1-3-19(2)10-9-18-17(22)15-11-16(21)20(13-15)12-14-7-5-4-6-8-14/h4-8,15H,3,9-13H2,1-2H3,(H,18,22). The number of rotatable bonds is 7. The topological polar surface area (TPSA) is 52.7 Å². The van der Waals surface area contributed by atoms with Crippen LogP contribution in [0.3, 0.4) is 0 Å². The second kappa shape index (κ2) is 7.94. The van der Waals surface area contributed by atoms with Gasteiger partial charge in [0.2, 0.25) is 11.8 Å². The van der Waals surface area contributed by atoms with Crippen LogP contribution >= 0.6 is 0 Å². The van der Waals surface area contributed by atoms with Crippen molar-refractivity contribution in [3.63, 3.8) is 0 Å². The number of amides is 2. The van der Waals surface area contributed by atoms with Crippen molar-refractivity contribution in [1.82, 2.24) is 15.1 Å². The third kappa shape index (κ3) is 4.56. The lowest BCUT2D eigenvalue weighted by atomic mass is 10.1. The fraction of sp³-hybridized carbons (Fsp3) is 0.529. The summed E-state index contributed by atoms with van der Waals surface area (Å²) in [6, 6.07) is 9.88. The molecular formula is C17H25N3O2. The number of hydrogen-bond acceptors (Lipinski definition) is 3. The number of likely N-dealkylation sites (tertiary alicyclic amines) is 1. The van der Waals surface area contributed by atoms with Crippen LogP contribution in [0.25, 0.3) is 0 Å². The number of likely N-dealkylation sites (N-methyl/N-ethyl adjacent to an activating group) is 1. The Bertz CT molecular complexity index is 504. The molecule has 1 heterocycles. The predicted molar refractivity (Wildman–Crippen MR) is 86.1 cm³/mol. The largest absolute Gasteiger partial charge is 0.355 e. The lowest BCUT2D eigenvalue weighted by molar-refractivity contribution is -0.129. The van der Waals surface area contributed by atoms with Gasteiger partial charge < -0.3 is 15.1 Å². The van der Waals surface area contributed by atoms with Gasteiger partial charge in [0, 0.05) is 32.6 Å². The highest BCUT2D eigenvalue weighted by Crippen LogP contribution is 2.20. The summed E-state index contributed by atoms with van der Waals surface area (Å²) in [6.45, 7) is 5.61. The quantitative estimate of drug-likeness (QED) is 0.821. The van der Waals surface area contributed by atoms with Crippen molar-refractivity contribution >= 4 is 11.8 Å². The van der Waals surface area contributed by atoms with Crippen LogP contribution in [-0.2, 0) is 16.1 Å². The molecule has 1 unspecified atom stereocenters. The van der Waals surface area contributed by atoms with Crippen LogP contribution in [-0.4, -0.2) is 54.8 Å². The molecule has 2 amide bonds. The number of carbonyl (C=O) groups is 2. The first kappa shape index (κ1) is 16.5. The molecular weight excluding hydrogens is 278 g/mol. The van der Waals surface area contributed by atoms with E-state index in [1.165, 1.54) is 0 Å². The second-order valence-corrected chi connectivity index (χ2v) is 5.85. The summed E-state index contributed by atoms with van der Waals surface area (Å²) in [6.07, 6.45) is 0.322. The van der Waals surface area contributed by atoms with Crippen LogP contribution in [0, 0.1) is 5.92 Å². The molecule has 120 valence electrons. The minimum atomic E-state index is -0.219. The smallest absolute Gasteiger partial charge is 0.225 e. The molecule has 1 aromatic carbocycles. The Balaban J connectivity index is 1.80. The molecule has 0 saturated carbocycles. The third-order valence-electron chi connectivity index (χ3n) is 4.13. The van der Waals surface area contributed by atoms with Crippen LogP contribution in [0.2, 0.25) is 0 Å². The van der Waals surface area contributed by atoms with Crippen molar-refractivity contribution in [3.8, 4) is 0 Å². The summed E-state index contributed by atoms with van der Waals surface area (Å²) < 4.78 is 0. The Morgan fingerprint density at radius 3 is 2.77 bits per heavy atom. The maximum Gasteiger partial charge on any atom is 0.225 e. The van der Waals surface area contributed by atoms with E-state index < -0.39 is 0 Å². The van der Waals surface area contributed by atoms with E-state index in [9.17, 15) is 9.59 Å². The predicted octanol–water partition coefficient (Wildman–Crippen LogP) is 1.10. The maximum atomic E-state index is 12.2. The molecule has 5 heteroatoms. The van der Waals surface area contributed by atoms with Crippen molar-refractivity contribution in [3.05, 3.63) is 35.9 Å². The van der Waals surface area contributed by atoms with Gasteiger partial charge in [0.05, 0.1) is 5.92 Å². The van der Waals surface area contributed by atoms with Gasteiger partial charge >= 0.3 is 0 Å². The number of nitrogens with zero attached hydrogens (tertiary/aromatic N) is 2. The second-order valence-electron chi connectivity index (χ2n) is 5.85. The monoisotopic (exact) mass is 303 g/mol. The van der Waals surface area contributed by atoms with Gasteiger partial charge in [0.25, 0.3) is 0 Å². The molecule has 1 aliphatic rings. The Morgan fingerprint density at radius 1 is 1.36 bits per heavy atom. The highest BCUT2D eigenvalue weighted by Gasteiger charge is 2.33. The average molecular weight is 303 g/mol. The molecule has 1 N–H and O–H groups in total. The van der Waals surface area contributed by atoms with Crippen LogP contribution in [0.4, 0.5) is 0 Å². The molecule has 2 rings (SSSR count). The highest BCUT2D eigenvalue weighted by molar-refractivity contribution is 5.89. The van der Waals surface area contributed by atoms with Crippen LogP contribution in [0.15, 0.2) is 30.3 Å². The van der Waals surface area contributed by atoms with Gasteiger partial charge in [0.1, 0.15) is 0 Å². The lowest BCUT2D eigenvalue weighted by Crippen LogP contribution is -2.37. The SMILES string of the molecule is CCN(C)CCNC(=O)C1CC(=O)N(Cc2ccccc2)C1. The van der Waals surface area contributed by atoms with Crippen LogP contribution in [0.5, 0.6) is 0 Å². The highest BCUT2D eigenvalue weighted by atomic mass is 16.2. The van der Waals surface area contributed by atoms with Crippen molar-refractivity contribution in [2.75, 3.05) is 33.2 Å². The third-order valence-corrected chi connectivity index (χ3v) is 4.13. The molecule has 0 spiro atoms. The normalized spacial score (nSPS) is 18.0. The molecule has 0 aromatic heterocycles. The fourth-order valence-electron chi connectivity index (χ4n) is 2.58. The Hall–Kier alpha value is -1.88. The van der Waals surface area contributed by atoms with Gasteiger partial charge in [-0.05, 0) is 19.2 Å². The number of benzene rings is 1. The summed E-state index contributed by atoms with van der Waals surface area (Å²) in [5.74, 6) is -0.161. The summed E-state index contributed by atoms with van der Waals surface area (Å²) in [5, 5.41) is 2.94. The van der Waals surface area contributed by atoms with Crippen molar-refractivity contribution in [2.24, 2.45) is 5.92 Å². The summed E-state index contributed by atoms with van der Waals surface area (Å²) in [4.78, 5) is 28.1. The van der Waals surface area contributed by atoms with E-state index >= 15 is 0 Å². The Morgan fingerprint density at radius 2 is 2.09 bits per heavy atom. The Labute approximate surface area is 132 Å². The number of carbonyl (C=O) groups excluding carboxylic acids is 2. The van der Waals surface area contributed by atoms with Gasteiger partial charge in [-0.25, -0.2) is 0 Å². The van der Waals surface area contributed by atoms with Gasteiger partial charge in [0.15, 0.2) is 0 Å². The number of nitrogens with one attached hydrogen (secondary N) is 1. The summed E-state index contributed by atoms with van der Waals surface area (Å²) >= 11 is 0. The van der Waals surface area contributed by atoms with Crippen LogP contribution < -0.4 is 5.32 Å². The first-order valence-electron chi connectivity index (χ1n) is 7.88. The van der Waals surface area contributed by atoms with E-state index in [2.05, 4.69) is 17.1 Å². The Kier molecular flexibility index (Phi) is 5.95. The van der Waals surface area contributed by atoms with E-state index in [1.54, 1.807) is 4.90 Å². The molecule has 1 saturated heterocycles. The molecule has 1 atom stereocenters. The zero-order chi connectivity index (χ0) is 15.9. The van der Waals surface area contributed by atoms with Gasteiger partial charge in [-0.1, -0.05) is 37.3 Å². The van der Waals surface area contributed by atoms with Gasteiger partial charge in [-0.15, -0.1) is 0 Å². The molecule has 22 heavy (non-hydrogen) atoms. The fourth-order valence-corrected chi connectivity index (χ4v) is 2.58. The zero-order valence-electron chi connectivity index (χ0n) is 13.4.